The molecule has 0 spiro atoms. The van der Waals surface area contributed by atoms with Gasteiger partial charge in [0.1, 0.15) is 0 Å². The Labute approximate surface area is 140 Å². The van der Waals surface area contributed by atoms with Crippen LogP contribution in [0.15, 0.2) is 34.8 Å². The summed E-state index contributed by atoms with van der Waals surface area (Å²) in [7, 11) is 0. The Morgan fingerprint density at radius 1 is 1.24 bits per heavy atom. The fraction of sp³-hybridized carbons (Fsp3) is 0.143. The Bertz CT molecular complexity index is 708. The summed E-state index contributed by atoms with van der Waals surface area (Å²) in [5.41, 5.74) is 2.13. The standard InChI is InChI=1S/C14H11BrCl2N2O2/c1-8-4-12(17)13(6-11(8)16)18-7-9-5-10(15)2-3-14(9)19(20)21/h2-6,18H,7H2,1H3. The molecule has 21 heavy (non-hydrogen) atoms. The zero-order valence-corrected chi connectivity index (χ0v) is 14.1. The molecule has 2 rings (SSSR count). The van der Waals surface area contributed by atoms with E-state index in [4.69, 9.17) is 23.2 Å². The second kappa shape index (κ2) is 6.64. The lowest BCUT2D eigenvalue weighted by Crippen LogP contribution is -2.04. The van der Waals surface area contributed by atoms with E-state index in [-0.39, 0.29) is 12.2 Å². The smallest absolute Gasteiger partial charge is 0.274 e. The van der Waals surface area contributed by atoms with Crippen molar-refractivity contribution in [2.75, 3.05) is 5.32 Å². The molecule has 2 aromatic carbocycles. The average Bonchev–Trinajstić information content (AvgIpc) is 2.41. The van der Waals surface area contributed by atoms with Crippen molar-refractivity contribution in [2.24, 2.45) is 0 Å². The van der Waals surface area contributed by atoms with Crippen LogP contribution in [0.2, 0.25) is 10.0 Å². The number of hydrogen-bond donors (Lipinski definition) is 1. The zero-order valence-electron chi connectivity index (χ0n) is 11.0. The summed E-state index contributed by atoms with van der Waals surface area (Å²) in [5, 5.41) is 15.2. The van der Waals surface area contributed by atoms with Crippen LogP contribution in [0, 0.1) is 17.0 Å². The van der Waals surface area contributed by atoms with Crippen LogP contribution >= 0.6 is 39.1 Å². The SMILES string of the molecule is Cc1cc(Cl)c(NCc2cc(Br)ccc2[N+](=O)[O-])cc1Cl. The van der Waals surface area contributed by atoms with Crippen LogP contribution in [0.4, 0.5) is 11.4 Å². The number of nitrogens with zero attached hydrogens (tertiary/aromatic N) is 1. The van der Waals surface area contributed by atoms with Gasteiger partial charge in [0, 0.05) is 27.7 Å². The maximum atomic E-state index is 11.0. The maximum Gasteiger partial charge on any atom is 0.274 e. The third-order valence-corrected chi connectivity index (χ3v) is 4.17. The molecule has 0 amide bonds. The highest BCUT2D eigenvalue weighted by Gasteiger charge is 2.14. The van der Waals surface area contributed by atoms with Crippen LogP contribution in [0.1, 0.15) is 11.1 Å². The summed E-state index contributed by atoms with van der Waals surface area (Å²) in [4.78, 5) is 10.6. The van der Waals surface area contributed by atoms with Gasteiger partial charge in [0.25, 0.3) is 5.69 Å². The van der Waals surface area contributed by atoms with E-state index >= 15 is 0 Å². The maximum absolute atomic E-state index is 11.0. The molecule has 0 unspecified atom stereocenters. The molecule has 1 N–H and O–H groups in total. The van der Waals surface area contributed by atoms with Gasteiger partial charge in [-0.25, -0.2) is 0 Å². The molecule has 0 aliphatic heterocycles. The predicted octanol–water partition coefficient (Wildman–Crippen LogP) is 5.58. The van der Waals surface area contributed by atoms with E-state index in [9.17, 15) is 10.1 Å². The van der Waals surface area contributed by atoms with Crippen molar-refractivity contribution in [1.82, 2.24) is 0 Å². The van der Waals surface area contributed by atoms with Crippen LogP contribution < -0.4 is 5.32 Å². The lowest BCUT2D eigenvalue weighted by Gasteiger charge is -2.11. The van der Waals surface area contributed by atoms with Crippen LogP contribution in [-0.4, -0.2) is 4.92 Å². The molecule has 0 aliphatic rings. The lowest BCUT2D eigenvalue weighted by atomic mass is 10.1. The molecule has 7 heteroatoms. The highest BCUT2D eigenvalue weighted by molar-refractivity contribution is 9.10. The van der Waals surface area contributed by atoms with Crippen LogP contribution in [0.5, 0.6) is 0 Å². The van der Waals surface area contributed by atoms with Crippen molar-refractivity contribution in [3.05, 3.63) is 66.1 Å². The fourth-order valence-corrected chi connectivity index (χ4v) is 2.70. The van der Waals surface area contributed by atoms with Gasteiger partial charge in [-0.3, -0.25) is 10.1 Å². The molecule has 0 bridgehead atoms. The van der Waals surface area contributed by atoms with Crippen molar-refractivity contribution in [3.63, 3.8) is 0 Å². The highest BCUT2D eigenvalue weighted by atomic mass is 79.9. The van der Waals surface area contributed by atoms with Crippen molar-refractivity contribution >= 4 is 50.5 Å². The first-order valence-corrected chi connectivity index (χ1v) is 7.55. The molecule has 0 fully saturated rings. The summed E-state index contributed by atoms with van der Waals surface area (Å²) in [6.45, 7) is 2.13. The number of rotatable bonds is 4. The fourth-order valence-electron chi connectivity index (χ4n) is 1.85. The number of nitro benzene ring substituents is 1. The van der Waals surface area contributed by atoms with E-state index in [2.05, 4.69) is 21.2 Å². The third-order valence-electron chi connectivity index (χ3n) is 2.96. The number of nitro groups is 1. The molecular weight excluding hydrogens is 379 g/mol. The molecular formula is C14H11BrCl2N2O2. The molecule has 110 valence electrons. The Morgan fingerprint density at radius 2 is 1.95 bits per heavy atom. The second-order valence-electron chi connectivity index (χ2n) is 4.46. The van der Waals surface area contributed by atoms with Gasteiger partial charge in [-0.1, -0.05) is 39.1 Å². The van der Waals surface area contributed by atoms with Gasteiger partial charge in [0.05, 0.1) is 15.6 Å². The summed E-state index contributed by atoms with van der Waals surface area (Å²) < 4.78 is 0.776. The molecule has 0 radical (unpaired) electrons. The van der Waals surface area contributed by atoms with E-state index in [0.717, 1.165) is 10.0 Å². The minimum atomic E-state index is -0.410. The quantitative estimate of drug-likeness (QED) is 0.548. The van der Waals surface area contributed by atoms with Crippen LogP contribution in [0.3, 0.4) is 0 Å². The van der Waals surface area contributed by atoms with Crippen molar-refractivity contribution in [1.29, 1.82) is 0 Å². The molecule has 0 saturated carbocycles. The van der Waals surface area contributed by atoms with Gasteiger partial charge in [-0.2, -0.15) is 0 Å². The monoisotopic (exact) mass is 388 g/mol. The minimum Gasteiger partial charge on any atom is -0.379 e. The number of hydrogen-bond acceptors (Lipinski definition) is 3. The average molecular weight is 390 g/mol. The molecule has 0 heterocycles. The largest absolute Gasteiger partial charge is 0.379 e. The van der Waals surface area contributed by atoms with Gasteiger partial charge in [-0.05, 0) is 36.8 Å². The molecule has 4 nitrogen and oxygen atoms in total. The van der Waals surface area contributed by atoms with Crippen LogP contribution in [0.25, 0.3) is 0 Å². The molecule has 0 aromatic heterocycles. The van der Waals surface area contributed by atoms with Gasteiger partial charge in [-0.15, -0.1) is 0 Å². The first kappa shape index (κ1) is 16.1. The molecule has 0 aliphatic carbocycles. The van der Waals surface area contributed by atoms with Crippen molar-refractivity contribution < 1.29 is 4.92 Å². The zero-order chi connectivity index (χ0) is 15.6. The van der Waals surface area contributed by atoms with Gasteiger partial charge >= 0.3 is 0 Å². The lowest BCUT2D eigenvalue weighted by molar-refractivity contribution is -0.385. The normalized spacial score (nSPS) is 10.5. The van der Waals surface area contributed by atoms with Gasteiger partial charge in [0.2, 0.25) is 0 Å². The van der Waals surface area contributed by atoms with E-state index < -0.39 is 4.92 Å². The Hall–Kier alpha value is -1.30. The Morgan fingerprint density at radius 3 is 2.62 bits per heavy atom. The summed E-state index contributed by atoms with van der Waals surface area (Å²) in [5.74, 6) is 0. The van der Waals surface area contributed by atoms with E-state index in [1.165, 1.54) is 6.07 Å². The number of halogens is 3. The highest BCUT2D eigenvalue weighted by Crippen LogP contribution is 2.30. The van der Waals surface area contributed by atoms with E-state index in [1.807, 2.05) is 6.92 Å². The Kier molecular flexibility index (Phi) is 5.08. The minimum absolute atomic E-state index is 0.0556. The summed E-state index contributed by atoms with van der Waals surface area (Å²) in [6, 6.07) is 8.27. The predicted molar refractivity (Wildman–Crippen MR) is 89.3 cm³/mol. The third kappa shape index (κ3) is 3.87. The number of anilines is 1. The molecule has 0 saturated heterocycles. The van der Waals surface area contributed by atoms with Gasteiger partial charge in [0.15, 0.2) is 0 Å². The molecule has 0 atom stereocenters. The first-order chi connectivity index (χ1) is 9.88. The number of nitrogens with one attached hydrogen (secondary N) is 1. The van der Waals surface area contributed by atoms with Crippen LogP contribution in [-0.2, 0) is 6.54 Å². The van der Waals surface area contributed by atoms with E-state index in [1.54, 1.807) is 24.3 Å². The second-order valence-corrected chi connectivity index (χ2v) is 6.20. The van der Waals surface area contributed by atoms with Crippen molar-refractivity contribution in [2.45, 2.75) is 13.5 Å². The van der Waals surface area contributed by atoms with Crippen molar-refractivity contribution in [3.8, 4) is 0 Å². The first-order valence-electron chi connectivity index (χ1n) is 6.01. The number of benzene rings is 2. The van der Waals surface area contributed by atoms with Gasteiger partial charge < -0.3 is 5.32 Å². The topological polar surface area (TPSA) is 55.2 Å². The molecule has 2 aromatic rings. The Balaban J connectivity index is 2.26. The summed E-state index contributed by atoms with van der Waals surface area (Å²) >= 11 is 15.5. The summed E-state index contributed by atoms with van der Waals surface area (Å²) in [6.07, 6.45) is 0. The number of aryl methyl sites for hydroxylation is 1. The van der Waals surface area contributed by atoms with E-state index in [0.29, 0.717) is 21.3 Å².